The quantitative estimate of drug-likeness (QED) is 0.760. The monoisotopic (exact) mass is 320 g/mol. The average molecular weight is 320 g/mol. The lowest BCUT2D eigenvalue weighted by Gasteiger charge is -2.09. The van der Waals surface area contributed by atoms with Crippen LogP contribution in [0.4, 0.5) is 0 Å². The number of aryl methyl sites for hydroxylation is 1. The van der Waals surface area contributed by atoms with Gasteiger partial charge >= 0.3 is 5.69 Å². The summed E-state index contributed by atoms with van der Waals surface area (Å²) in [7, 11) is 3.16. The smallest absolute Gasteiger partial charge is 0.330 e. The van der Waals surface area contributed by atoms with Crippen molar-refractivity contribution in [1.82, 2.24) is 9.13 Å². The Morgan fingerprint density at radius 2 is 1.77 bits per heavy atom. The molecule has 118 valence electrons. The molecule has 0 unspecified atom stereocenters. The maximum Gasteiger partial charge on any atom is 0.330 e. The predicted octanol–water partition coefficient (Wildman–Crippen LogP) is 1.70. The fourth-order valence-electron chi connectivity index (χ4n) is 1.95. The van der Waals surface area contributed by atoms with Gasteiger partial charge < -0.3 is 4.74 Å². The highest BCUT2D eigenvalue weighted by Crippen LogP contribution is 2.13. The summed E-state index contributed by atoms with van der Waals surface area (Å²) in [5.41, 5.74) is 1.37. The minimum Gasteiger partial charge on any atom is -0.493 e. The fraction of sp³-hybridized carbons (Fsp3) is 0.375. The second kappa shape index (κ2) is 7.35. The molecule has 0 N–H and O–H groups in total. The van der Waals surface area contributed by atoms with E-state index in [9.17, 15) is 9.59 Å². The van der Waals surface area contributed by atoms with Gasteiger partial charge in [-0.15, -0.1) is 0 Å². The topological polar surface area (TPSA) is 53.2 Å². The Morgan fingerprint density at radius 3 is 2.45 bits per heavy atom. The van der Waals surface area contributed by atoms with Crippen LogP contribution in [0.3, 0.4) is 0 Å². The van der Waals surface area contributed by atoms with Gasteiger partial charge in [-0.25, -0.2) is 4.79 Å². The van der Waals surface area contributed by atoms with E-state index in [0.717, 1.165) is 21.8 Å². The molecule has 0 bridgehead atoms. The maximum atomic E-state index is 11.8. The van der Waals surface area contributed by atoms with Crippen LogP contribution in [0.5, 0.6) is 5.75 Å². The van der Waals surface area contributed by atoms with Crippen LogP contribution in [0.2, 0.25) is 0 Å². The molecule has 0 fully saturated rings. The van der Waals surface area contributed by atoms with Gasteiger partial charge in [-0.2, -0.15) is 11.8 Å². The van der Waals surface area contributed by atoms with Gasteiger partial charge in [0.05, 0.1) is 6.61 Å². The zero-order valence-corrected chi connectivity index (χ0v) is 13.9. The molecule has 1 aromatic heterocycles. The van der Waals surface area contributed by atoms with Crippen molar-refractivity contribution >= 4 is 11.8 Å². The highest BCUT2D eigenvalue weighted by Gasteiger charge is 2.05. The van der Waals surface area contributed by atoms with Crippen molar-refractivity contribution in [3.05, 3.63) is 62.4 Å². The number of ether oxygens (including phenoxy) is 1. The lowest BCUT2D eigenvalue weighted by molar-refractivity contribution is 0.344. The molecule has 0 amide bonds. The number of aromatic nitrogens is 2. The third kappa shape index (κ3) is 4.04. The van der Waals surface area contributed by atoms with Crippen LogP contribution in [0.1, 0.15) is 11.3 Å². The largest absolute Gasteiger partial charge is 0.493 e. The predicted molar refractivity (Wildman–Crippen MR) is 89.8 cm³/mol. The van der Waals surface area contributed by atoms with Crippen LogP contribution in [-0.2, 0) is 19.8 Å². The van der Waals surface area contributed by atoms with E-state index in [4.69, 9.17) is 4.74 Å². The van der Waals surface area contributed by atoms with Gasteiger partial charge in [0.25, 0.3) is 5.56 Å². The summed E-state index contributed by atoms with van der Waals surface area (Å²) in [5.74, 6) is 2.25. The van der Waals surface area contributed by atoms with Gasteiger partial charge in [0.2, 0.25) is 0 Å². The first-order valence-electron chi connectivity index (χ1n) is 7.02. The molecule has 2 aromatic rings. The van der Waals surface area contributed by atoms with E-state index >= 15 is 0 Å². The number of hydrogen-bond acceptors (Lipinski definition) is 4. The second-order valence-corrected chi connectivity index (χ2v) is 6.19. The highest BCUT2D eigenvalue weighted by atomic mass is 32.2. The van der Waals surface area contributed by atoms with Crippen molar-refractivity contribution in [2.45, 2.75) is 12.7 Å². The zero-order chi connectivity index (χ0) is 16.1. The third-order valence-electron chi connectivity index (χ3n) is 3.39. The molecule has 0 radical (unpaired) electrons. The Bertz CT molecular complexity index is 747. The van der Waals surface area contributed by atoms with E-state index in [1.165, 1.54) is 23.2 Å². The van der Waals surface area contributed by atoms with Gasteiger partial charge in [-0.1, -0.05) is 17.7 Å². The molecule has 0 aliphatic carbocycles. The van der Waals surface area contributed by atoms with Crippen molar-refractivity contribution in [3.63, 3.8) is 0 Å². The molecule has 0 atom stereocenters. The minimum atomic E-state index is -0.293. The number of rotatable bonds is 6. The normalized spacial score (nSPS) is 10.7. The SMILES string of the molecule is Cc1ccc(OCCSCc2cc(=O)n(C)c(=O)n2C)cc1. The number of thioether (sulfide) groups is 1. The zero-order valence-electron chi connectivity index (χ0n) is 13.0. The molecule has 0 spiro atoms. The van der Waals surface area contributed by atoms with E-state index in [1.54, 1.807) is 18.8 Å². The number of benzene rings is 1. The highest BCUT2D eigenvalue weighted by molar-refractivity contribution is 7.98. The summed E-state index contributed by atoms with van der Waals surface area (Å²) in [5, 5.41) is 0. The molecular formula is C16H20N2O3S. The summed E-state index contributed by atoms with van der Waals surface area (Å²) in [6.07, 6.45) is 0. The minimum absolute atomic E-state index is 0.269. The molecular weight excluding hydrogens is 300 g/mol. The Labute approximate surface area is 133 Å². The molecule has 22 heavy (non-hydrogen) atoms. The molecule has 0 saturated heterocycles. The van der Waals surface area contributed by atoms with E-state index in [0.29, 0.717) is 12.4 Å². The summed E-state index contributed by atoms with van der Waals surface area (Å²) < 4.78 is 8.26. The van der Waals surface area contributed by atoms with E-state index in [-0.39, 0.29) is 11.2 Å². The molecule has 0 aliphatic heterocycles. The molecule has 5 nitrogen and oxygen atoms in total. The van der Waals surface area contributed by atoms with Crippen molar-refractivity contribution in [2.24, 2.45) is 14.1 Å². The van der Waals surface area contributed by atoms with E-state index < -0.39 is 0 Å². The molecule has 2 rings (SSSR count). The maximum absolute atomic E-state index is 11.8. The molecule has 0 saturated carbocycles. The van der Waals surface area contributed by atoms with Crippen molar-refractivity contribution in [1.29, 1.82) is 0 Å². The van der Waals surface area contributed by atoms with Gasteiger partial charge in [0.1, 0.15) is 5.75 Å². The lowest BCUT2D eigenvalue weighted by Crippen LogP contribution is -2.37. The molecule has 1 heterocycles. The van der Waals surface area contributed by atoms with Crippen molar-refractivity contribution < 1.29 is 4.74 Å². The molecule has 6 heteroatoms. The summed E-state index contributed by atoms with van der Waals surface area (Å²) in [6, 6.07) is 9.43. The van der Waals surface area contributed by atoms with Gasteiger partial charge in [0.15, 0.2) is 0 Å². The number of nitrogens with zero attached hydrogens (tertiary/aromatic N) is 2. The molecule has 1 aromatic carbocycles. The van der Waals surface area contributed by atoms with Crippen LogP contribution in [0.25, 0.3) is 0 Å². The van der Waals surface area contributed by atoms with Crippen LogP contribution in [0, 0.1) is 6.92 Å². The Morgan fingerprint density at radius 1 is 1.09 bits per heavy atom. The Balaban J connectivity index is 1.83. The summed E-state index contributed by atoms with van der Waals surface area (Å²) in [4.78, 5) is 23.4. The van der Waals surface area contributed by atoms with Gasteiger partial charge in [-0.05, 0) is 19.1 Å². The summed E-state index contributed by atoms with van der Waals surface area (Å²) >= 11 is 1.63. The summed E-state index contributed by atoms with van der Waals surface area (Å²) in [6.45, 7) is 2.63. The second-order valence-electron chi connectivity index (χ2n) is 5.09. The van der Waals surface area contributed by atoms with Crippen LogP contribution < -0.4 is 16.0 Å². The van der Waals surface area contributed by atoms with Gasteiger partial charge in [0, 0.05) is 37.4 Å². The van der Waals surface area contributed by atoms with Crippen LogP contribution >= 0.6 is 11.8 Å². The first-order chi connectivity index (χ1) is 10.5. The fourth-order valence-corrected chi connectivity index (χ4v) is 2.78. The van der Waals surface area contributed by atoms with Gasteiger partial charge in [-0.3, -0.25) is 13.9 Å². The van der Waals surface area contributed by atoms with Crippen molar-refractivity contribution in [3.8, 4) is 5.75 Å². The Hall–Kier alpha value is -1.95. The molecule has 0 aliphatic rings. The Kier molecular flexibility index (Phi) is 5.49. The van der Waals surface area contributed by atoms with E-state index in [1.807, 2.05) is 31.2 Å². The first kappa shape index (κ1) is 16.4. The van der Waals surface area contributed by atoms with Crippen molar-refractivity contribution in [2.75, 3.05) is 12.4 Å². The lowest BCUT2D eigenvalue weighted by atomic mass is 10.2. The number of hydrogen-bond donors (Lipinski definition) is 0. The third-order valence-corrected chi connectivity index (χ3v) is 4.35. The van der Waals surface area contributed by atoms with E-state index in [2.05, 4.69) is 0 Å². The van der Waals surface area contributed by atoms with Crippen LogP contribution in [-0.4, -0.2) is 21.5 Å². The first-order valence-corrected chi connectivity index (χ1v) is 8.17. The average Bonchev–Trinajstić information content (AvgIpc) is 2.51. The van der Waals surface area contributed by atoms with Crippen LogP contribution in [0.15, 0.2) is 39.9 Å². The standard InChI is InChI=1S/C16H20N2O3S/c1-12-4-6-14(7-5-12)21-8-9-22-11-13-10-15(19)18(3)16(20)17(13)2/h4-7,10H,8-9,11H2,1-3H3.